The zero-order chi connectivity index (χ0) is 11.6. The Morgan fingerprint density at radius 2 is 1.73 bits per heavy atom. The summed E-state index contributed by atoms with van der Waals surface area (Å²) in [6.07, 6.45) is 0. The molecule has 1 rings (SSSR count). The number of carbonyl (C=O) groups excluding carboxylic acids is 1. The first-order valence-electron chi connectivity index (χ1n) is 5.13. The van der Waals surface area contributed by atoms with Gasteiger partial charge in [-0.3, -0.25) is 0 Å². The number of hydrogen-bond acceptors (Lipinski definition) is 2. The van der Waals surface area contributed by atoms with E-state index >= 15 is 0 Å². The Morgan fingerprint density at radius 1 is 1.13 bits per heavy atom. The number of carbonyl (C=O) groups is 1. The molecule has 0 bridgehead atoms. The molecule has 0 radical (unpaired) electrons. The first-order chi connectivity index (χ1) is 6.93. The topological polar surface area (TPSA) is 26.3 Å². The van der Waals surface area contributed by atoms with Crippen LogP contribution in [0.5, 0.6) is 0 Å². The predicted molar refractivity (Wildman–Crippen MR) is 56.8 cm³/mol. The molecule has 1 aromatic rings. The van der Waals surface area contributed by atoms with Crippen molar-refractivity contribution >= 4 is 9.04 Å². The standard InChI is InChI=1S/C10H13.C2H4O2.Hg/c1-7-5-8(2)10(4)9(3)6-7;1-2(3)4;/h5H,1-4H3;1H3,(H,3,4);/q;;+1/p-1. The van der Waals surface area contributed by atoms with Gasteiger partial charge in [-0.05, 0) is 0 Å². The van der Waals surface area contributed by atoms with E-state index in [4.69, 9.17) is 2.64 Å². The van der Waals surface area contributed by atoms with E-state index in [1.165, 1.54) is 32.2 Å². The Hall–Kier alpha value is -0.375. The third-order valence-corrected chi connectivity index (χ3v) is 10.4. The van der Waals surface area contributed by atoms with Crippen LogP contribution in [0.3, 0.4) is 0 Å². The first kappa shape index (κ1) is 12.7. The van der Waals surface area contributed by atoms with E-state index in [1.54, 1.807) is 0 Å². The van der Waals surface area contributed by atoms with Gasteiger partial charge in [-0.2, -0.15) is 0 Å². The summed E-state index contributed by atoms with van der Waals surface area (Å²) in [6, 6.07) is 2.20. The molecule has 0 atom stereocenters. The average molecular weight is 393 g/mol. The maximum absolute atomic E-state index is 10.8. The van der Waals surface area contributed by atoms with E-state index in [-0.39, 0.29) is 5.97 Å². The van der Waals surface area contributed by atoms with Crippen LogP contribution in [0.1, 0.15) is 29.2 Å². The molecule has 0 aliphatic heterocycles. The normalized spacial score (nSPS) is 9.67. The first-order valence-corrected chi connectivity index (χ1v) is 10.1. The minimum atomic E-state index is -1.68. The predicted octanol–water partition coefficient (Wildman–Crippen LogP) is 2.11. The summed E-state index contributed by atoms with van der Waals surface area (Å²) in [5, 5.41) is 0. The van der Waals surface area contributed by atoms with E-state index in [1.807, 2.05) is 0 Å². The molecule has 0 saturated heterocycles. The SMILES string of the molecule is CC(=O)[O][Hg][c]1c(C)cc(C)c(C)c1C. The summed E-state index contributed by atoms with van der Waals surface area (Å²) in [6.45, 7) is 10.00. The molecule has 0 amide bonds. The van der Waals surface area contributed by atoms with Crippen LogP contribution in [0.2, 0.25) is 0 Å². The Kier molecular flexibility index (Phi) is 4.32. The molecule has 0 heterocycles. The van der Waals surface area contributed by atoms with Crippen molar-refractivity contribution in [2.45, 2.75) is 34.6 Å². The van der Waals surface area contributed by atoms with Gasteiger partial charge >= 0.3 is 104 Å². The maximum atomic E-state index is 10.8. The number of hydrogen-bond donors (Lipinski definition) is 0. The van der Waals surface area contributed by atoms with Crippen molar-refractivity contribution in [3.05, 3.63) is 28.3 Å². The van der Waals surface area contributed by atoms with Crippen molar-refractivity contribution in [1.29, 1.82) is 0 Å². The second kappa shape index (κ2) is 5.11. The average Bonchev–Trinajstić information content (AvgIpc) is 2.14. The number of benzene rings is 1. The fourth-order valence-electron chi connectivity index (χ4n) is 1.73. The molecular formula is C12H16HgO2. The van der Waals surface area contributed by atoms with Crippen LogP contribution in [0.4, 0.5) is 0 Å². The van der Waals surface area contributed by atoms with Crippen LogP contribution < -0.4 is 3.07 Å². The van der Waals surface area contributed by atoms with Gasteiger partial charge in [0.15, 0.2) is 0 Å². The third-order valence-electron chi connectivity index (χ3n) is 2.94. The van der Waals surface area contributed by atoms with Gasteiger partial charge in [0.05, 0.1) is 0 Å². The van der Waals surface area contributed by atoms with E-state index in [0.717, 1.165) is 0 Å². The van der Waals surface area contributed by atoms with Gasteiger partial charge in [-0.15, -0.1) is 0 Å². The molecule has 0 aliphatic rings. The van der Waals surface area contributed by atoms with E-state index in [0.29, 0.717) is 0 Å². The Balaban J connectivity index is 3.07. The summed E-state index contributed by atoms with van der Waals surface area (Å²) in [5.74, 6) is -0.131. The van der Waals surface area contributed by atoms with E-state index in [2.05, 4.69) is 33.8 Å². The Morgan fingerprint density at radius 3 is 2.27 bits per heavy atom. The van der Waals surface area contributed by atoms with Crippen LogP contribution in [0.25, 0.3) is 0 Å². The van der Waals surface area contributed by atoms with Gasteiger partial charge in [0, 0.05) is 0 Å². The van der Waals surface area contributed by atoms with Crippen LogP contribution in [0.15, 0.2) is 6.07 Å². The molecule has 3 heteroatoms. The second-order valence-corrected chi connectivity index (χ2v) is 9.01. The van der Waals surface area contributed by atoms with E-state index < -0.39 is 25.0 Å². The van der Waals surface area contributed by atoms with E-state index in [9.17, 15) is 4.79 Å². The van der Waals surface area contributed by atoms with Crippen molar-refractivity contribution in [2.75, 3.05) is 0 Å². The fraction of sp³-hybridized carbons (Fsp3) is 0.417. The number of aryl methyl sites for hydroxylation is 2. The molecule has 0 unspecified atom stereocenters. The zero-order valence-corrected chi connectivity index (χ0v) is 15.6. The molecule has 0 fully saturated rings. The van der Waals surface area contributed by atoms with Crippen LogP contribution >= 0.6 is 0 Å². The molecule has 78 valence electrons. The fourth-order valence-corrected chi connectivity index (χ4v) is 6.24. The summed E-state index contributed by atoms with van der Waals surface area (Å²) >= 11 is -1.68. The molecule has 0 aromatic heterocycles. The van der Waals surface area contributed by atoms with Gasteiger partial charge in [-0.25, -0.2) is 0 Å². The van der Waals surface area contributed by atoms with Gasteiger partial charge in [0.2, 0.25) is 0 Å². The molecule has 0 spiro atoms. The van der Waals surface area contributed by atoms with Gasteiger partial charge in [-0.1, -0.05) is 0 Å². The minimum absolute atomic E-state index is 0.131. The Labute approximate surface area is 104 Å². The van der Waals surface area contributed by atoms with Crippen molar-refractivity contribution < 1.29 is 32.5 Å². The van der Waals surface area contributed by atoms with Gasteiger partial charge in [0.1, 0.15) is 0 Å². The van der Waals surface area contributed by atoms with Gasteiger partial charge in [0.25, 0.3) is 0 Å². The van der Waals surface area contributed by atoms with Crippen molar-refractivity contribution in [1.82, 2.24) is 0 Å². The molecule has 1 aromatic carbocycles. The summed E-state index contributed by atoms with van der Waals surface area (Å²) in [7, 11) is 0. The summed E-state index contributed by atoms with van der Waals surface area (Å²) < 4.78 is 6.62. The third kappa shape index (κ3) is 3.04. The van der Waals surface area contributed by atoms with Crippen LogP contribution in [0, 0.1) is 27.7 Å². The van der Waals surface area contributed by atoms with Crippen molar-refractivity contribution in [3.63, 3.8) is 0 Å². The molecule has 0 aliphatic carbocycles. The van der Waals surface area contributed by atoms with Crippen molar-refractivity contribution in [2.24, 2.45) is 0 Å². The summed E-state index contributed by atoms with van der Waals surface area (Å²) in [4.78, 5) is 10.8. The summed E-state index contributed by atoms with van der Waals surface area (Å²) in [5.41, 5.74) is 5.28. The molecule has 2 nitrogen and oxygen atoms in total. The molecule has 0 saturated carbocycles. The van der Waals surface area contributed by atoms with Crippen molar-refractivity contribution in [3.8, 4) is 0 Å². The van der Waals surface area contributed by atoms with Gasteiger partial charge < -0.3 is 0 Å². The second-order valence-electron chi connectivity index (χ2n) is 4.02. The quantitative estimate of drug-likeness (QED) is 0.721. The van der Waals surface area contributed by atoms with Crippen LogP contribution in [-0.2, 0) is 32.5 Å². The Bertz CT molecular complexity index is 397. The molecule has 15 heavy (non-hydrogen) atoms. The molecule has 0 N–H and O–H groups in total. The number of rotatable bonds is 2. The van der Waals surface area contributed by atoms with Crippen LogP contribution in [-0.4, -0.2) is 5.97 Å². The monoisotopic (exact) mass is 394 g/mol. The zero-order valence-electron chi connectivity index (χ0n) is 10.1. The molecular weight excluding hydrogens is 377 g/mol.